The van der Waals surface area contributed by atoms with Gasteiger partial charge in [-0.25, -0.2) is 0 Å². The Hall–Kier alpha value is -1.59. The lowest BCUT2D eigenvalue weighted by Crippen LogP contribution is -2.19. The number of hydrogen-bond donors (Lipinski definition) is 1. The standard InChI is InChI=1S/C12H10ClNO3S/c1-7-11(8-3-2-4-9(13)5-8)14(6-10(15)16)12(17)18-7/h2-5H,6H2,1H3,(H,15,16). The molecule has 0 aliphatic heterocycles. The molecule has 1 aromatic carbocycles. The van der Waals surface area contributed by atoms with Gasteiger partial charge in [-0.05, 0) is 19.1 Å². The third-order valence-corrected chi connectivity index (χ3v) is 3.59. The monoisotopic (exact) mass is 283 g/mol. The number of carbonyl (C=O) groups is 1. The van der Waals surface area contributed by atoms with Crippen LogP contribution in [0.3, 0.4) is 0 Å². The van der Waals surface area contributed by atoms with Gasteiger partial charge < -0.3 is 5.11 Å². The van der Waals surface area contributed by atoms with E-state index in [0.29, 0.717) is 10.7 Å². The third kappa shape index (κ3) is 2.47. The van der Waals surface area contributed by atoms with Gasteiger partial charge in [-0.15, -0.1) is 0 Å². The molecule has 0 amide bonds. The minimum absolute atomic E-state index is 0.273. The molecule has 6 heteroatoms. The van der Waals surface area contributed by atoms with Crippen LogP contribution in [-0.2, 0) is 11.3 Å². The van der Waals surface area contributed by atoms with Crippen molar-refractivity contribution in [2.45, 2.75) is 13.5 Å². The van der Waals surface area contributed by atoms with Gasteiger partial charge in [0.05, 0.1) is 5.69 Å². The number of aryl methyl sites for hydroxylation is 1. The van der Waals surface area contributed by atoms with E-state index in [1.165, 1.54) is 4.57 Å². The van der Waals surface area contributed by atoms with Crippen LogP contribution in [0.5, 0.6) is 0 Å². The summed E-state index contributed by atoms with van der Waals surface area (Å²) >= 11 is 6.95. The van der Waals surface area contributed by atoms with Crippen molar-refractivity contribution < 1.29 is 9.90 Å². The predicted molar refractivity (Wildman–Crippen MR) is 71.4 cm³/mol. The predicted octanol–water partition coefficient (Wildman–Crippen LogP) is 2.62. The van der Waals surface area contributed by atoms with E-state index in [9.17, 15) is 9.59 Å². The lowest BCUT2D eigenvalue weighted by atomic mass is 10.1. The molecule has 0 fully saturated rings. The van der Waals surface area contributed by atoms with Crippen LogP contribution in [-0.4, -0.2) is 15.6 Å². The van der Waals surface area contributed by atoms with Crippen LogP contribution in [0.15, 0.2) is 29.1 Å². The number of aromatic nitrogens is 1. The third-order valence-electron chi connectivity index (χ3n) is 2.46. The highest BCUT2D eigenvalue weighted by Crippen LogP contribution is 2.27. The van der Waals surface area contributed by atoms with E-state index in [2.05, 4.69) is 0 Å². The second kappa shape index (κ2) is 4.96. The van der Waals surface area contributed by atoms with Crippen molar-refractivity contribution in [3.05, 3.63) is 43.8 Å². The molecule has 0 unspecified atom stereocenters. The first-order chi connectivity index (χ1) is 8.49. The Morgan fingerprint density at radius 3 is 2.83 bits per heavy atom. The number of nitrogens with zero attached hydrogens (tertiary/aromatic N) is 1. The number of rotatable bonds is 3. The van der Waals surface area contributed by atoms with Crippen LogP contribution in [0.2, 0.25) is 5.02 Å². The summed E-state index contributed by atoms with van der Waals surface area (Å²) in [6.07, 6.45) is 0. The van der Waals surface area contributed by atoms with Crippen molar-refractivity contribution in [3.63, 3.8) is 0 Å². The van der Waals surface area contributed by atoms with Gasteiger partial charge in [0, 0.05) is 15.5 Å². The smallest absolute Gasteiger partial charge is 0.323 e. The van der Waals surface area contributed by atoms with E-state index in [0.717, 1.165) is 21.8 Å². The zero-order valence-electron chi connectivity index (χ0n) is 9.51. The summed E-state index contributed by atoms with van der Waals surface area (Å²) in [6, 6.07) is 7.02. The van der Waals surface area contributed by atoms with E-state index in [4.69, 9.17) is 16.7 Å². The van der Waals surface area contributed by atoms with Gasteiger partial charge in [-0.1, -0.05) is 35.1 Å². The average molecular weight is 284 g/mol. The summed E-state index contributed by atoms with van der Waals surface area (Å²) < 4.78 is 1.26. The highest BCUT2D eigenvalue weighted by atomic mass is 35.5. The molecule has 1 N–H and O–H groups in total. The fraction of sp³-hybridized carbons (Fsp3) is 0.167. The summed E-state index contributed by atoms with van der Waals surface area (Å²) in [7, 11) is 0. The molecule has 18 heavy (non-hydrogen) atoms. The summed E-state index contributed by atoms with van der Waals surface area (Å²) in [4.78, 5) is 23.0. The Morgan fingerprint density at radius 2 is 2.22 bits per heavy atom. The molecule has 0 saturated carbocycles. The topological polar surface area (TPSA) is 59.3 Å². The maximum Gasteiger partial charge on any atom is 0.323 e. The highest BCUT2D eigenvalue weighted by molar-refractivity contribution is 7.09. The quantitative estimate of drug-likeness (QED) is 0.942. The van der Waals surface area contributed by atoms with Crippen LogP contribution in [0.1, 0.15) is 4.88 Å². The van der Waals surface area contributed by atoms with Gasteiger partial charge >= 0.3 is 10.8 Å². The normalized spacial score (nSPS) is 10.6. The van der Waals surface area contributed by atoms with Crippen molar-refractivity contribution in [1.29, 1.82) is 0 Å². The van der Waals surface area contributed by atoms with E-state index >= 15 is 0 Å². The fourth-order valence-corrected chi connectivity index (χ4v) is 2.83. The van der Waals surface area contributed by atoms with E-state index in [1.807, 2.05) is 0 Å². The molecule has 0 atom stereocenters. The maximum atomic E-state index is 11.7. The van der Waals surface area contributed by atoms with Gasteiger partial charge in [-0.2, -0.15) is 0 Å². The molecule has 0 aliphatic rings. The van der Waals surface area contributed by atoms with E-state index in [-0.39, 0.29) is 11.4 Å². The number of benzene rings is 1. The van der Waals surface area contributed by atoms with Crippen molar-refractivity contribution >= 4 is 28.9 Å². The Kier molecular flexibility index (Phi) is 3.54. The van der Waals surface area contributed by atoms with Crippen LogP contribution < -0.4 is 4.87 Å². The SMILES string of the molecule is Cc1sc(=O)n(CC(=O)O)c1-c1cccc(Cl)c1. The lowest BCUT2D eigenvalue weighted by Gasteiger charge is -2.07. The minimum atomic E-state index is -1.04. The molecular formula is C12H10ClNO3S. The molecule has 0 saturated heterocycles. The van der Waals surface area contributed by atoms with E-state index in [1.54, 1.807) is 31.2 Å². The molecule has 1 aromatic heterocycles. The van der Waals surface area contributed by atoms with Crippen molar-refractivity contribution in [2.24, 2.45) is 0 Å². The Morgan fingerprint density at radius 1 is 1.50 bits per heavy atom. The Labute approximate surface area is 112 Å². The number of thiazole rings is 1. The minimum Gasteiger partial charge on any atom is -0.480 e. The summed E-state index contributed by atoms with van der Waals surface area (Å²) in [6.45, 7) is 1.45. The highest BCUT2D eigenvalue weighted by Gasteiger charge is 2.15. The first-order valence-corrected chi connectivity index (χ1v) is 6.36. The van der Waals surface area contributed by atoms with Crippen molar-refractivity contribution in [2.75, 3.05) is 0 Å². The molecule has 0 spiro atoms. The number of aliphatic carboxylic acids is 1. The summed E-state index contributed by atoms with van der Waals surface area (Å²) in [5.41, 5.74) is 1.37. The Balaban J connectivity index is 2.63. The number of carboxylic acids is 1. The zero-order chi connectivity index (χ0) is 13.3. The van der Waals surface area contributed by atoms with Gasteiger partial charge in [0.1, 0.15) is 6.54 Å². The second-order valence-electron chi connectivity index (χ2n) is 3.76. The molecule has 1 heterocycles. The summed E-state index contributed by atoms with van der Waals surface area (Å²) in [5.74, 6) is -1.04. The van der Waals surface area contributed by atoms with Gasteiger partial charge in [0.25, 0.3) is 0 Å². The first-order valence-electron chi connectivity index (χ1n) is 5.17. The second-order valence-corrected chi connectivity index (χ2v) is 5.37. The van der Waals surface area contributed by atoms with Crippen molar-refractivity contribution in [3.8, 4) is 11.3 Å². The fourth-order valence-electron chi connectivity index (χ4n) is 1.79. The molecule has 4 nitrogen and oxygen atoms in total. The van der Waals surface area contributed by atoms with Gasteiger partial charge in [0.15, 0.2) is 0 Å². The molecule has 0 radical (unpaired) electrons. The van der Waals surface area contributed by atoms with Crippen LogP contribution in [0, 0.1) is 6.92 Å². The number of halogens is 1. The molecule has 2 rings (SSSR count). The van der Waals surface area contributed by atoms with Gasteiger partial charge in [0.2, 0.25) is 0 Å². The number of carboxylic acid groups (broad SMARTS) is 1. The summed E-state index contributed by atoms with van der Waals surface area (Å²) in [5, 5.41) is 9.39. The lowest BCUT2D eigenvalue weighted by molar-refractivity contribution is -0.137. The molecule has 2 aromatic rings. The molecule has 0 aliphatic carbocycles. The zero-order valence-corrected chi connectivity index (χ0v) is 11.1. The molecule has 0 bridgehead atoms. The van der Waals surface area contributed by atoms with E-state index < -0.39 is 5.97 Å². The van der Waals surface area contributed by atoms with Crippen molar-refractivity contribution in [1.82, 2.24) is 4.57 Å². The maximum absolute atomic E-state index is 11.7. The first kappa shape index (κ1) is 12.9. The molecule has 94 valence electrons. The van der Waals surface area contributed by atoms with Crippen LogP contribution in [0.4, 0.5) is 0 Å². The van der Waals surface area contributed by atoms with Crippen LogP contribution in [0.25, 0.3) is 11.3 Å². The average Bonchev–Trinajstić information content (AvgIpc) is 2.53. The molecular weight excluding hydrogens is 274 g/mol. The number of hydrogen-bond acceptors (Lipinski definition) is 3. The Bertz CT molecular complexity index is 660. The van der Waals surface area contributed by atoms with Crippen LogP contribution >= 0.6 is 22.9 Å². The largest absolute Gasteiger partial charge is 0.480 e. The van der Waals surface area contributed by atoms with Gasteiger partial charge in [-0.3, -0.25) is 14.2 Å².